The van der Waals surface area contributed by atoms with Crippen LogP contribution in [0.2, 0.25) is 0 Å². The Morgan fingerprint density at radius 2 is 2.04 bits per heavy atom. The highest BCUT2D eigenvalue weighted by Crippen LogP contribution is 2.29. The summed E-state index contributed by atoms with van der Waals surface area (Å²) < 4.78 is 11.5. The molecule has 1 aromatic heterocycles. The topological polar surface area (TPSA) is 77.7 Å². The molecule has 0 N–H and O–H groups in total. The Labute approximate surface area is 165 Å². The Morgan fingerprint density at radius 3 is 2.75 bits per heavy atom. The van der Waals surface area contributed by atoms with E-state index in [1.807, 2.05) is 12.1 Å². The molecule has 2 heterocycles. The molecule has 1 saturated heterocycles. The predicted octanol–water partition coefficient (Wildman–Crippen LogP) is 4.07. The average molecular weight is 385 g/mol. The van der Waals surface area contributed by atoms with Gasteiger partial charge in [-0.05, 0) is 49.9 Å². The van der Waals surface area contributed by atoms with E-state index in [4.69, 9.17) is 9.47 Å². The van der Waals surface area contributed by atoms with Crippen molar-refractivity contribution in [1.29, 1.82) is 0 Å². The molecule has 1 aliphatic rings. The fraction of sp³-hybridized carbons (Fsp3) is 0.476. The van der Waals surface area contributed by atoms with Gasteiger partial charge in [0.2, 0.25) is 0 Å². The lowest BCUT2D eigenvalue weighted by Gasteiger charge is -2.36. The molecule has 1 fully saturated rings. The first kappa shape index (κ1) is 20.2. The fourth-order valence-corrected chi connectivity index (χ4v) is 3.79. The van der Waals surface area contributed by atoms with Crippen LogP contribution in [0.1, 0.15) is 26.3 Å². The van der Waals surface area contributed by atoms with Crippen molar-refractivity contribution in [1.82, 2.24) is 9.88 Å². The molecule has 0 bridgehead atoms. The minimum absolute atomic E-state index is 0.00832. The second-order valence-electron chi connectivity index (χ2n) is 7.62. The van der Waals surface area contributed by atoms with E-state index < -0.39 is 4.92 Å². The number of nitro groups is 1. The minimum Gasteiger partial charge on any atom is -0.434 e. The zero-order valence-electron chi connectivity index (χ0n) is 16.6. The van der Waals surface area contributed by atoms with Crippen molar-refractivity contribution in [3.05, 3.63) is 58.3 Å². The largest absolute Gasteiger partial charge is 0.434 e. The van der Waals surface area contributed by atoms with Gasteiger partial charge in [0, 0.05) is 31.9 Å². The summed E-state index contributed by atoms with van der Waals surface area (Å²) >= 11 is 0. The number of pyridine rings is 1. The van der Waals surface area contributed by atoms with Crippen LogP contribution in [-0.4, -0.2) is 46.6 Å². The van der Waals surface area contributed by atoms with Gasteiger partial charge in [0.25, 0.3) is 5.88 Å². The van der Waals surface area contributed by atoms with Gasteiger partial charge in [-0.25, -0.2) is 4.98 Å². The molecule has 1 aliphatic heterocycles. The lowest BCUT2D eigenvalue weighted by molar-refractivity contribution is -0.386. The summed E-state index contributed by atoms with van der Waals surface area (Å²) in [4.78, 5) is 17.1. The molecule has 3 unspecified atom stereocenters. The van der Waals surface area contributed by atoms with Crippen molar-refractivity contribution in [2.45, 2.75) is 39.4 Å². The first-order chi connectivity index (χ1) is 13.4. The highest BCUT2D eigenvalue weighted by Gasteiger charge is 2.23. The third-order valence-electron chi connectivity index (χ3n) is 4.71. The van der Waals surface area contributed by atoms with E-state index in [0.29, 0.717) is 11.7 Å². The van der Waals surface area contributed by atoms with Gasteiger partial charge in [-0.2, -0.15) is 0 Å². The molecule has 150 valence electrons. The van der Waals surface area contributed by atoms with Crippen LogP contribution in [0.5, 0.6) is 11.6 Å². The molecule has 2 aromatic rings. The predicted molar refractivity (Wildman–Crippen MR) is 107 cm³/mol. The lowest BCUT2D eigenvalue weighted by Crippen LogP contribution is -2.47. The molecule has 0 amide bonds. The van der Waals surface area contributed by atoms with Crippen molar-refractivity contribution >= 4 is 5.69 Å². The second kappa shape index (κ2) is 9.12. The van der Waals surface area contributed by atoms with Crippen LogP contribution in [0, 0.1) is 16.0 Å². The van der Waals surface area contributed by atoms with Gasteiger partial charge in [-0.15, -0.1) is 0 Å². The maximum Gasteiger partial charge on any atom is 0.331 e. The van der Waals surface area contributed by atoms with Crippen LogP contribution in [0.4, 0.5) is 5.69 Å². The molecule has 3 rings (SSSR count). The maximum atomic E-state index is 11.1. The van der Waals surface area contributed by atoms with E-state index in [0.717, 1.165) is 31.6 Å². The summed E-state index contributed by atoms with van der Waals surface area (Å²) in [5.74, 6) is 1.03. The number of rotatable bonds is 7. The zero-order valence-corrected chi connectivity index (χ0v) is 16.6. The number of hydrogen-bond acceptors (Lipinski definition) is 6. The van der Waals surface area contributed by atoms with Gasteiger partial charge in [0.05, 0.1) is 17.1 Å². The van der Waals surface area contributed by atoms with Gasteiger partial charge in [-0.1, -0.05) is 19.1 Å². The van der Waals surface area contributed by atoms with Crippen LogP contribution in [0.25, 0.3) is 0 Å². The van der Waals surface area contributed by atoms with Gasteiger partial charge in [0.1, 0.15) is 5.75 Å². The van der Waals surface area contributed by atoms with E-state index in [2.05, 4.69) is 36.7 Å². The molecule has 0 radical (unpaired) electrons. The molecular formula is C21H27N3O4. The maximum absolute atomic E-state index is 11.1. The lowest BCUT2D eigenvalue weighted by atomic mass is 10.00. The first-order valence-corrected chi connectivity index (χ1v) is 9.64. The monoisotopic (exact) mass is 385 g/mol. The van der Waals surface area contributed by atoms with Gasteiger partial charge >= 0.3 is 5.69 Å². The first-order valence-electron chi connectivity index (χ1n) is 9.64. The highest BCUT2D eigenvalue weighted by molar-refractivity contribution is 5.43. The van der Waals surface area contributed by atoms with Crippen molar-refractivity contribution in [3.8, 4) is 11.6 Å². The van der Waals surface area contributed by atoms with Gasteiger partial charge < -0.3 is 9.47 Å². The van der Waals surface area contributed by atoms with Crippen molar-refractivity contribution < 1.29 is 14.4 Å². The van der Waals surface area contributed by atoms with Crippen LogP contribution < -0.4 is 4.74 Å². The highest BCUT2D eigenvalue weighted by atomic mass is 16.6. The van der Waals surface area contributed by atoms with E-state index in [9.17, 15) is 10.1 Å². The third kappa shape index (κ3) is 5.50. The molecule has 0 aliphatic carbocycles. The van der Waals surface area contributed by atoms with Crippen LogP contribution in [-0.2, 0) is 11.2 Å². The summed E-state index contributed by atoms with van der Waals surface area (Å²) in [7, 11) is 0. The van der Waals surface area contributed by atoms with Crippen LogP contribution in [0.15, 0.2) is 42.6 Å². The average Bonchev–Trinajstić information content (AvgIpc) is 2.61. The number of hydrogen-bond donors (Lipinski definition) is 0. The number of benzene rings is 1. The van der Waals surface area contributed by atoms with Gasteiger partial charge in [0.15, 0.2) is 0 Å². The summed E-state index contributed by atoms with van der Waals surface area (Å²) in [6.45, 7) is 9.40. The van der Waals surface area contributed by atoms with Crippen LogP contribution in [0.3, 0.4) is 0 Å². The summed E-state index contributed by atoms with van der Waals surface area (Å²) in [6, 6.07) is 10.6. The molecule has 7 heteroatoms. The summed E-state index contributed by atoms with van der Waals surface area (Å²) in [5.41, 5.74) is 0.995. The Morgan fingerprint density at radius 1 is 1.29 bits per heavy atom. The fourth-order valence-electron chi connectivity index (χ4n) is 3.79. The molecular weight excluding hydrogens is 358 g/mol. The number of nitrogens with zero attached hydrogens (tertiary/aromatic N) is 3. The van der Waals surface area contributed by atoms with Gasteiger partial charge in [-0.3, -0.25) is 15.0 Å². The molecule has 0 spiro atoms. The quantitative estimate of drug-likeness (QED) is 0.528. The minimum atomic E-state index is -0.488. The van der Waals surface area contributed by atoms with E-state index >= 15 is 0 Å². The van der Waals surface area contributed by atoms with Crippen molar-refractivity contribution in [3.63, 3.8) is 0 Å². The number of aromatic nitrogens is 1. The third-order valence-corrected chi connectivity index (χ3v) is 4.71. The summed E-state index contributed by atoms with van der Waals surface area (Å²) in [5, 5.41) is 11.1. The molecule has 3 atom stereocenters. The van der Waals surface area contributed by atoms with Crippen molar-refractivity contribution in [2.24, 2.45) is 5.92 Å². The second-order valence-corrected chi connectivity index (χ2v) is 7.62. The van der Waals surface area contributed by atoms with E-state index in [1.54, 1.807) is 6.07 Å². The Balaban J connectivity index is 1.63. The molecule has 28 heavy (non-hydrogen) atoms. The normalized spacial score (nSPS) is 21.2. The Hall–Kier alpha value is -2.51. The summed E-state index contributed by atoms with van der Waals surface area (Å²) in [6.07, 6.45) is 2.92. The number of ether oxygens (including phenoxy) is 2. The van der Waals surface area contributed by atoms with E-state index in [1.165, 1.54) is 18.3 Å². The van der Waals surface area contributed by atoms with Crippen LogP contribution >= 0.6 is 0 Å². The number of morpholine rings is 1. The van der Waals surface area contributed by atoms with E-state index in [-0.39, 0.29) is 23.8 Å². The standard InChI is InChI=1S/C21H27N3O4/c1-15(12-23-13-16(2)27-17(3)14-23)10-18-6-4-7-19(11-18)28-21-20(24(25)26)8-5-9-22-21/h4-9,11,15-17H,10,12-14H2,1-3H3. The Bertz CT molecular complexity index is 804. The SMILES string of the molecule is CC(Cc1cccc(Oc2ncccc2[N+](=O)[O-])c1)CN1CC(C)OC(C)C1. The molecule has 1 aromatic carbocycles. The smallest absolute Gasteiger partial charge is 0.331 e. The molecule has 0 saturated carbocycles. The molecule has 7 nitrogen and oxygen atoms in total. The zero-order chi connectivity index (χ0) is 20.1. The van der Waals surface area contributed by atoms with Crippen molar-refractivity contribution in [2.75, 3.05) is 19.6 Å². The Kier molecular flexibility index (Phi) is 6.59.